The van der Waals surface area contributed by atoms with E-state index < -0.39 is 23.6 Å². The normalized spacial score (nSPS) is 20.9. The van der Waals surface area contributed by atoms with Gasteiger partial charge in [0.2, 0.25) is 18.3 Å². The van der Waals surface area contributed by atoms with E-state index in [1.165, 1.54) is 27.4 Å². The third kappa shape index (κ3) is 4.43. The van der Waals surface area contributed by atoms with Crippen molar-refractivity contribution in [1.29, 1.82) is 0 Å². The van der Waals surface area contributed by atoms with Gasteiger partial charge >= 0.3 is 5.97 Å². The Kier molecular flexibility index (Phi) is 7.37. The SMILES string of the molecule is COc1cc2c(c(OC)c1OC)-c1c(cc3c(c1OC)OCO3)C[C@H](C)[C@](C)(O)[C@H]2OC(=O)c1cccc(Cl)c1. The van der Waals surface area contributed by atoms with Gasteiger partial charge in [-0.2, -0.15) is 0 Å². The molecule has 0 bridgehead atoms. The number of carbonyl (C=O) groups is 1. The number of hydrogen-bond donors (Lipinski definition) is 1. The van der Waals surface area contributed by atoms with E-state index in [1.807, 2.05) is 13.0 Å². The van der Waals surface area contributed by atoms with Gasteiger partial charge in [0, 0.05) is 21.7 Å². The molecule has 0 radical (unpaired) electrons. The van der Waals surface area contributed by atoms with Crippen LogP contribution in [-0.2, 0) is 11.2 Å². The molecule has 212 valence electrons. The molecule has 0 unspecified atom stereocenters. The quantitative estimate of drug-likeness (QED) is 0.379. The van der Waals surface area contributed by atoms with Crippen LogP contribution >= 0.6 is 11.6 Å². The van der Waals surface area contributed by atoms with Gasteiger partial charge in [-0.15, -0.1) is 0 Å². The van der Waals surface area contributed by atoms with Crippen molar-refractivity contribution in [3.05, 3.63) is 58.1 Å². The molecule has 5 rings (SSSR count). The Bertz CT molecular complexity index is 1470. The molecule has 10 heteroatoms. The van der Waals surface area contributed by atoms with Gasteiger partial charge in [-0.3, -0.25) is 0 Å². The predicted molar refractivity (Wildman–Crippen MR) is 147 cm³/mol. The first kappa shape index (κ1) is 27.7. The van der Waals surface area contributed by atoms with E-state index in [1.54, 1.807) is 38.3 Å². The minimum absolute atomic E-state index is 0.0393. The van der Waals surface area contributed by atoms with Crippen LogP contribution in [0.4, 0.5) is 0 Å². The van der Waals surface area contributed by atoms with E-state index >= 15 is 0 Å². The van der Waals surface area contributed by atoms with Crippen molar-refractivity contribution >= 4 is 17.6 Å². The Hall–Kier alpha value is -3.82. The monoisotopic (exact) mass is 570 g/mol. The van der Waals surface area contributed by atoms with Crippen molar-refractivity contribution in [3.8, 4) is 45.6 Å². The second-order valence-electron chi connectivity index (χ2n) is 9.91. The summed E-state index contributed by atoms with van der Waals surface area (Å²) in [6.45, 7) is 3.58. The maximum atomic E-state index is 13.5. The fourth-order valence-electron chi connectivity index (χ4n) is 5.42. The number of carbonyl (C=O) groups excluding carboxylic acids is 1. The fourth-order valence-corrected chi connectivity index (χ4v) is 5.61. The summed E-state index contributed by atoms with van der Waals surface area (Å²) in [5, 5.41) is 12.5. The van der Waals surface area contributed by atoms with Gasteiger partial charge in [0.05, 0.1) is 34.0 Å². The van der Waals surface area contributed by atoms with Gasteiger partial charge in [-0.25, -0.2) is 4.79 Å². The van der Waals surface area contributed by atoms with Crippen LogP contribution in [0.5, 0.6) is 34.5 Å². The lowest BCUT2D eigenvalue weighted by atomic mass is 9.73. The number of methoxy groups -OCH3 is 4. The summed E-state index contributed by atoms with van der Waals surface area (Å²) in [5.41, 5.74) is 1.09. The molecule has 1 N–H and O–H groups in total. The molecule has 0 fully saturated rings. The van der Waals surface area contributed by atoms with Gasteiger partial charge in [0.1, 0.15) is 5.60 Å². The van der Waals surface area contributed by atoms with Crippen LogP contribution in [0.25, 0.3) is 11.1 Å². The number of benzene rings is 3. The second kappa shape index (κ2) is 10.6. The molecule has 3 aromatic rings. The number of esters is 1. The van der Waals surface area contributed by atoms with E-state index in [-0.39, 0.29) is 12.4 Å². The smallest absolute Gasteiger partial charge is 0.338 e. The molecule has 3 aromatic carbocycles. The van der Waals surface area contributed by atoms with Crippen LogP contribution in [0.15, 0.2) is 36.4 Å². The number of fused-ring (bicyclic) bond motifs is 4. The average molecular weight is 571 g/mol. The van der Waals surface area contributed by atoms with Crippen LogP contribution < -0.4 is 28.4 Å². The Morgan fingerprint density at radius 2 is 1.70 bits per heavy atom. The number of aliphatic hydroxyl groups is 1. The number of ether oxygens (including phenoxy) is 7. The van der Waals surface area contributed by atoms with Crippen LogP contribution in [0, 0.1) is 5.92 Å². The molecule has 0 aromatic heterocycles. The Labute approximate surface area is 237 Å². The summed E-state index contributed by atoms with van der Waals surface area (Å²) < 4.78 is 40.8. The third-order valence-corrected chi connectivity index (χ3v) is 7.87. The molecule has 1 aliphatic heterocycles. The summed E-state index contributed by atoms with van der Waals surface area (Å²) in [4.78, 5) is 13.5. The summed E-state index contributed by atoms with van der Waals surface area (Å²) in [7, 11) is 6.04. The largest absolute Gasteiger partial charge is 0.493 e. The van der Waals surface area contributed by atoms with E-state index in [0.29, 0.717) is 62.6 Å². The molecule has 2 aliphatic rings. The standard InChI is InChI=1S/C30H31ClO9/c1-15-10-17-12-21-25(39-14-38-21)26(36-5)22(17)23-19(13-20(34-3)24(35-4)27(23)37-6)28(30(15,2)33)40-29(32)16-8-7-9-18(31)11-16/h7-9,11-13,15,28,33H,10,14H2,1-6H3/t15-,28-,30-/m0/s1. The van der Waals surface area contributed by atoms with Gasteiger partial charge in [-0.05, 0) is 55.2 Å². The second-order valence-corrected chi connectivity index (χ2v) is 10.4. The van der Waals surface area contributed by atoms with E-state index in [2.05, 4.69) is 0 Å². The fraction of sp³-hybridized carbons (Fsp3) is 0.367. The van der Waals surface area contributed by atoms with Gasteiger partial charge in [0.25, 0.3) is 0 Å². The van der Waals surface area contributed by atoms with Gasteiger partial charge < -0.3 is 38.3 Å². The van der Waals surface area contributed by atoms with Crippen LogP contribution in [0.2, 0.25) is 5.02 Å². The van der Waals surface area contributed by atoms with Crippen molar-refractivity contribution in [3.63, 3.8) is 0 Å². The Morgan fingerprint density at radius 1 is 0.975 bits per heavy atom. The first-order valence-corrected chi connectivity index (χ1v) is 13.1. The Morgan fingerprint density at radius 3 is 2.35 bits per heavy atom. The first-order chi connectivity index (χ1) is 19.2. The summed E-state index contributed by atoms with van der Waals surface area (Å²) in [6.07, 6.45) is -0.779. The third-order valence-electron chi connectivity index (χ3n) is 7.64. The lowest BCUT2D eigenvalue weighted by Crippen LogP contribution is -2.43. The molecule has 0 amide bonds. The Balaban J connectivity index is 1.85. The molecule has 0 saturated heterocycles. The highest BCUT2D eigenvalue weighted by Crippen LogP contribution is 2.59. The van der Waals surface area contributed by atoms with E-state index in [4.69, 9.17) is 44.8 Å². The summed E-state index contributed by atoms with van der Waals surface area (Å²) >= 11 is 6.15. The number of halogens is 1. The van der Waals surface area contributed by atoms with Crippen molar-refractivity contribution < 1.29 is 43.1 Å². The summed E-state index contributed by atoms with van der Waals surface area (Å²) in [5.74, 6) is 1.30. The zero-order chi connectivity index (χ0) is 28.8. The number of rotatable bonds is 6. The molecule has 9 nitrogen and oxygen atoms in total. The van der Waals surface area contributed by atoms with E-state index in [9.17, 15) is 9.90 Å². The van der Waals surface area contributed by atoms with Crippen molar-refractivity contribution in [1.82, 2.24) is 0 Å². The lowest BCUT2D eigenvalue weighted by molar-refractivity contribution is -0.107. The zero-order valence-electron chi connectivity index (χ0n) is 23.1. The minimum atomic E-state index is -1.55. The molecular formula is C30H31ClO9. The lowest BCUT2D eigenvalue weighted by Gasteiger charge is -2.41. The minimum Gasteiger partial charge on any atom is -0.493 e. The maximum Gasteiger partial charge on any atom is 0.338 e. The molecule has 0 saturated carbocycles. The maximum absolute atomic E-state index is 13.5. The highest BCUT2D eigenvalue weighted by Gasteiger charge is 2.47. The summed E-state index contributed by atoms with van der Waals surface area (Å²) in [6, 6.07) is 10.0. The van der Waals surface area contributed by atoms with Crippen LogP contribution in [-0.4, -0.2) is 51.9 Å². The highest BCUT2D eigenvalue weighted by atomic mass is 35.5. The molecule has 1 heterocycles. The molecule has 0 spiro atoms. The van der Waals surface area contributed by atoms with Crippen LogP contribution in [0.1, 0.15) is 41.4 Å². The van der Waals surface area contributed by atoms with Gasteiger partial charge in [-0.1, -0.05) is 24.6 Å². The van der Waals surface area contributed by atoms with Crippen molar-refractivity contribution in [2.45, 2.75) is 32.0 Å². The first-order valence-electron chi connectivity index (χ1n) is 12.7. The molecular weight excluding hydrogens is 540 g/mol. The average Bonchev–Trinajstić information content (AvgIpc) is 3.41. The predicted octanol–water partition coefficient (Wildman–Crippen LogP) is 5.61. The highest BCUT2D eigenvalue weighted by molar-refractivity contribution is 6.30. The van der Waals surface area contributed by atoms with Crippen LogP contribution in [0.3, 0.4) is 0 Å². The molecule has 1 aliphatic carbocycles. The van der Waals surface area contributed by atoms with Crippen molar-refractivity contribution in [2.75, 3.05) is 35.2 Å². The van der Waals surface area contributed by atoms with E-state index in [0.717, 1.165) is 5.56 Å². The van der Waals surface area contributed by atoms with Gasteiger partial charge in [0.15, 0.2) is 29.1 Å². The molecule has 40 heavy (non-hydrogen) atoms. The zero-order valence-corrected chi connectivity index (χ0v) is 23.9. The topological polar surface area (TPSA) is 102 Å². The number of hydrogen-bond acceptors (Lipinski definition) is 9. The van der Waals surface area contributed by atoms with Crippen molar-refractivity contribution in [2.24, 2.45) is 5.92 Å². The molecule has 3 atom stereocenters.